The van der Waals surface area contributed by atoms with E-state index in [0.29, 0.717) is 0 Å². The van der Waals surface area contributed by atoms with Crippen LogP contribution in [-0.4, -0.2) is 0 Å². The Kier molecular flexibility index (Phi) is 15.6. The van der Waals surface area contributed by atoms with Crippen molar-refractivity contribution in [3.63, 3.8) is 0 Å². The summed E-state index contributed by atoms with van der Waals surface area (Å²) < 4.78 is 0. The Morgan fingerprint density at radius 1 is 0.435 bits per heavy atom. The van der Waals surface area contributed by atoms with Crippen LogP contribution < -0.4 is 9.80 Å². The number of benzene rings is 6. The third-order valence-corrected chi connectivity index (χ3v) is 13.3. The number of anilines is 6. The molecule has 0 heterocycles. The molecule has 1 aliphatic rings. The molecular weight excluding hydrogens is 749 g/mol. The Morgan fingerprint density at radius 3 is 1.35 bits per heavy atom. The van der Waals surface area contributed by atoms with Crippen molar-refractivity contribution in [2.75, 3.05) is 9.80 Å². The number of unbranched alkanes of at least 4 members (excludes halogenated alkanes) is 10. The Morgan fingerprint density at radius 2 is 0.871 bits per heavy atom. The molecule has 0 bridgehead atoms. The summed E-state index contributed by atoms with van der Waals surface area (Å²) in [6, 6.07) is 51.2. The van der Waals surface area contributed by atoms with Crippen LogP contribution in [0.2, 0.25) is 0 Å². The molecule has 0 amide bonds. The van der Waals surface area contributed by atoms with Gasteiger partial charge >= 0.3 is 0 Å². The Bertz CT molecular complexity index is 2380. The summed E-state index contributed by atoms with van der Waals surface area (Å²) in [6.45, 7) is 13.4. The number of nitrogens with zero attached hydrogens (tertiary/aromatic N) is 2. The number of hydrogen-bond acceptors (Lipinski definition) is 2. The van der Waals surface area contributed by atoms with Crippen molar-refractivity contribution >= 4 is 40.2 Å². The molecule has 322 valence electrons. The standard InChI is InChI=1S/C60H72N2/c1-7-11-13-15-17-19-38-60(39-20-18-16-14-12-8-2)58-44-54(61(50-30-21-26-46(5)40-50)52-32-23-28-48(10-4)42-52)34-36-56(58)57-37-35-55(45-59(57)60)62(51-31-22-27-47(6)41-51)53-33-24-29-49(43-53)25-9-3/h9,21-37,40-45H,7-8,10-20,38-39H2,1-6H3/b25-9-. The molecular formula is C60H72N2. The molecule has 0 aromatic heterocycles. The SMILES string of the molecule is C/C=C\c1cccc(N(c2cccc(C)c2)c2ccc3c(c2)C(CCCCCCCC)(CCCCCCCC)c2cc(N(c4cccc(C)c4)c4cccc(CC)c4)ccc2-3)c1. The van der Waals surface area contributed by atoms with Crippen molar-refractivity contribution in [1.29, 1.82) is 0 Å². The van der Waals surface area contributed by atoms with Gasteiger partial charge in [-0.1, -0.05) is 171 Å². The van der Waals surface area contributed by atoms with Gasteiger partial charge in [-0.05, 0) is 157 Å². The number of fused-ring (bicyclic) bond motifs is 3. The van der Waals surface area contributed by atoms with Crippen LogP contribution >= 0.6 is 0 Å². The number of hydrogen-bond donors (Lipinski definition) is 0. The van der Waals surface area contributed by atoms with Crippen molar-refractivity contribution in [3.05, 3.63) is 173 Å². The lowest BCUT2D eigenvalue weighted by molar-refractivity contribution is 0.398. The number of rotatable bonds is 22. The molecule has 0 saturated heterocycles. The second kappa shape index (κ2) is 21.6. The quantitative estimate of drug-likeness (QED) is 0.0630. The molecule has 0 atom stereocenters. The molecule has 7 rings (SSSR count). The summed E-state index contributed by atoms with van der Waals surface area (Å²) >= 11 is 0. The minimum Gasteiger partial charge on any atom is -0.310 e. The summed E-state index contributed by atoms with van der Waals surface area (Å²) in [4.78, 5) is 5.01. The molecule has 0 spiro atoms. The first-order valence-corrected chi connectivity index (χ1v) is 24.2. The van der Waals surface area contributed by atoms with E-state index in [1.807, 2.05) is 0 Å². The van der Waals surface area contributed by atoms with Crippen LogP contribution in [-0.2, 0) is 11.8 Å². The molecule has 1 aliphatic carbocycles. The van der Waals surface area contributed by atoms with E-state index in [9.17, 15) is 0 Å². The van der Waals surface area contributed by atoms with Gasteiger partial charge in [-0.3, -0.25) is 0 Å². The van der Waals surface area contributed by atoms with Gasteiger partial charge in [0, 0.05) is 39.5 Å². The van der Waals surface area contributed by atoms with Gasteiger partial charge in [0.2, 0.25) is 0 Å². The van der Waals surface area contributed by atoms with Gasteiger partial charge in [0.1, 0.15) is 0 Å². The molecule has 0 saturated carbocycles. The van der Waals surface area contributed by atoms with Crippen molar-refractivity contribution in [2.24, 2.45) is 0 Å². The Labute approximate surface area is 375 Å². The van der Waals surface area contributed by atoms with Crippen LogP contribution in [0.25, 0.3) is 17.2 Å². The molecule has 6 aromatic carbocycles. The van der Waals surface area contributed by atoms with E-state index >= 15 is 0 Å². The molecule has 2 heteroatoms. The molecule has 2 nitrogen and oxygen atoms in total. The van der Waals surface area contributed by atoms with Gasteiger partial charge in [-0.25, -0.2) is 0 Å². The summed E-state index contributed by atoms with van der Waals surface area (Å²) in [5.41, 5.74) is 18.2. The number of aryl methyl sites for hydroxylation is 3. The van der Waals surface area contributed by atoms with E-state index in [-0.39, 0.29) is 5.41 Å². The predicted octanol–water partition coefficient (Wildman–Crippen LogP) is 18.6. The van der Waals surface area contributed by atoms with Crippen molar-refractivity contribution in [3.8, 4) is 11.1 Å². The zero-order chi connectivity index (χ0) is 43.3. The lowest BCUT2D eigenvalue weighted by Crippen LogP contribution is -2.26. The topological polar surface area (TPSA) is 6.48 Å². The van der Waals surface area contributed by atoms with Gasteiger partial charge in [0.15, 0.2) is 0 Å². The summed E-state index contributed by atoms with van der Waals surface area (Å²) in [7, 11) is 0. The van der Waals surface area contributed by atoms with Crippen LogP contribution in [0.1, 0.15) is 151 Å². The minimum atomic E-state index is -0.0964. The minimum absolute atomic E-state index is 0.0964. The van der Waals surface area contributed by atoms with E-state index < -0.39 is 0 Å². The third-order valence-electron chi connectivity index (χ3n) is 13.3. The second-order valence-corrected chi connectivity index (χ2v) is 18.0. The lowest BCUT2D eigenvalue weighted by atomic mass is 9.70. The van der Waals surface area contributed by atoms with E-state index in [1.54, 1.807) is 0 Å². The fourth-order valence-corrected chi connectivity index (χ4v) is 10.1. The van der Waals surface area contributed by atoms with Crippen molar-refractivity contribution in [1.82, 2.24) is 0 Å². The fourth-order valence-electron chi connectivity index (χ4n) is 10.1. The highest BCUT2D eigenvalue weighted by Crippen LogP contribution is 2.57. The highest BCUT2D eigenvalue weighted by atomic mass is 15.1. The lowest BCUT2D eigenvalue weighted by Gasteiger charge is -2.35. The fraction of sp³-hybridized carbons (Fsp3) is 0.367. The highest BCUT2D eigenvalue weighted by molar-refractivity contribution is 5.89. The van der Waals surface area contributed by atoms with Crippen LogP contribution in [0, 0.1) is 13.8 Å². The normalized spacial score (nSPS) is 12.7. The largest absolute Gasteiger partial charge is 0.310 e. The van der Waals surface area contributed by atoms with Crippen LogP contribution in [0.5, 0.6) is 0 Å². The van der Waals surface area contributed by atoms with Gasteiger partial charge in [0.25, 0.3) is 0 Å². The summed E-state index contributed by atoms with van der Waals surface area (Å²) in [5.74, 6) is 0. The first-order valence-electron chi connectivity index (χ1n) is 24.2. The molecule has 0 radical (unpaired) electrons. The van der Waals surface area contributed by atoms with Gasteiger partial charge < -0.3 is 9.80 Å². The van der Waals surface area contributed by atoms with Crippen LogP contribution in [0.4, 0.5) is 34.1 Å². The zero-order valence-electron chi connectivity index (χ0n) is 38.9. The van der Waals surface area contributed by atoms with Crippen molar-refractivity contribution in [2.45, 2.75) is 143 Å². The van der Waals surface area contributed by atoms with E-state index in [1.165, 1.54) is 156 Å². The molecule has 6 aromatic rings. The van der Waals surface area contributed by atoms with E-state index in [0.717, 1.165) is 19.3 Å². The third kappa shape index (κ3) is 10.3. The maximum Gasteiger partial charge on any atom is 0.0467 e. The predicted molar refractivity (Wildman–Crippen MR) is 272 cm³/mol. The van der Waals surface area contributed by atoms with E-state index in [2.05, 4.69) is 197 Å². The molecule has 0 fully saturated rings. The smallest absolute Gasteiger partial charge is 0.0467 e. The van der Waals surface area contributed by atoms with Crippen molar-refractivity contribution < 1.29 is 0 Å². The average molecular weight is 821 g/mol. The summed E-state index contributed by atoms with van der Waals surface area (Å²) in [6.07, 6.45) is 23.3. The van der Waals surface area contributed by atoms with E-state index in [4.69, 9.17) is 0 Å². The van der Waals surface area contributed by atoms with Crippen LogP contribution in [0.15, 0.2) is 140 Å². The average Bonchev–Trinajstić information content (AvgIpc) is 3.54. The maximum atomic E-state index is 2.61. The number of allylic oxidation sites excluding steroid dienone is 1. The van der Waals surface area contributed by atoms with Crippen LogP contribution in [0.3, 0.4) is 0 Å². The molecule has 62 heavy (non-hydrogen) atoms. The first kappa shape index (κ1) is 44.7. The zero-order valence-corrected chi connectivity index (χ0v) is 38.9. The first-order chi connectivity index (χ1) is 30.4. The maximum absolute atomic E-state index is 2.61. The highest BCUT2D eigenvalue weighted by Gasteiger charge is 2.43. The Hall–Kier alpha value is -5.34. The second-order valence-electron chi connectivity index (χ2n) is 18.0. The molecule has 0 unspecified atom stereocenters. The molecule has 0 aliphatic heterocycles. The Balaban J connectivity index is 1.42. The monoisotopic (exact) mass is 821 g/mol. The van der Waals surface area contributed by atoms with Gasteiger partial charge in [-0.2, -0.15) is 0 Å². The van der Waals surface area contributed by atoms with Gasteiger partial charge in [-0.15, -0.1) is 0 Å². The summed E-state index contributed by atoms with van der Waals surface area (Å²) in [5, 5.41) is 0. The van der Waals surface area contributed by atoms with Gasteiger partial charge in [0.05, 0.1) is 0 Å². The molecule has 0 N–H and O–H groups in total.